The van der Waals surface area contributed by atoms with Crippen molar-refractivity contribution in [1.82, 2.24) is 15.1 Å². The maximum Gasteiger partial charge on any atom is 0.274 e. The van der Waals surface area contributed by atoms with Gasteiger partial charge < -0.3 is 10.1 Å². The van der Waals surface area contributed by atoms with Crippen molar-refractivity contribution in [2.75, 3.05) is 13.7 Å². The standard InChI is InChI=1S/C24H28ClN3O2/c1-16(30-2)22-15-19(6-5-13-26-22)28-24(29)21-8-4-3-7-20(21)23(27-28)14-17-9-11-18(25)12-10-17/h3-4,7-12,16,19,22,26H,5-6,13-15H2,1-2H3. The normalized spacial score (nSPS) is 20.8. The number of ether oxygens (including phenoxy) is 1. The van der Waals surface area contributed by atoms with Crippen molar-refractivity contribution in [2.45, 2.75) is 50.8 Å². The summed E-state index contributed by atoms with van der Waals surface area (Å²) in [4.78, 5) is 13.4. The summed E-state index contributed by atoms with van der Waals surface area (Å²) in [6, 6.07) is 15.8. The van der Waals surface area contributed by atoms with Gasteiger partial charge in [0.15, 0.2) is 0 Å². The van der Waals surface area contributed by atoms with Gasteiger partial charge in [0, 0.05) is 30.0 Å². The molecule has 0 saturated carbocycles. The number of rotatable bonds is 5. The van der Waals surface area contributed by atoms with Crippen LogP contribution >= 0.6 is 11.6 Å². The predicted molar refractivity (Wildman–Crippen MR) is 121 cm³/mol. The number of fused-ring (bicyclic) bond motifs is 1. The second kappa shape index (κ2) is 9.29. The highest BCUT2D eigenvalue weighted by atomic mass is 35.5. The van der Waals surface area contributed by atoms with Gasteiger partial charge in [-0.25, -0.2) is 4.68 Å². The molecule has 2 aromatic carbocycles. The molecule has 0 aliphatic carbocycles. The summed E-state index contributed by atoms with van der Waals surface area (Å²) in [6.07, 6.45) is 3.48. The average Bonchev–Trinajstić information content (AvgIpc) is 3.03. The van der Waals surface area contributed by atoms with E-state index in [0.717, 1.165) is 47.8 Å². The van der Waals surface area contributed by atoms with Crippen LogP contribution in [-0.2, 0) is 11.2 Å². The Hall–Kier alpha value is -2.21. The van der Waals surface area contributed by atoms with E-state index in [2.05, 4.69) is 12.2 Å². The molecule has 3 unspecified atom stereocenters. The van der Waals surface area contributed by atoms with E-state index in [4.69, 9.17) is 21.4 Å². The van der Waals surface area contributed by atoms with Crippen LogP contribution in [0.2, 0.25) is 5.02 Å². The summed E-state index contributed by atoms with van der Waals surface area (Å²) in [5.41, 5.74) is 2.03. The third-order valence-electron chi connectivity index (χ3n) is 6.12. The Bertz CT molecular complexity index is 1060. The van der Waals surface area contributed by atoms with E-state index >= 15 is 0 Å². The minimum Gasteiger partial charge on any atom is -0.380 e. The van der Waals surface area contributed by atoms with Crippen molar-refractivity contribution in [3.63, 3.8) is 0 Å². The molecular formula is C24H28ClN3O2. The largest absolute Gasteiger partial charge is 0.380 e. The molecule has 1 aromatic heterocycles. The van der Waals surface area contributed by atoms with E-state index in [1.807, 2.05) is 48.5 Å². The van der Waals surface area contributed by atoms with Gasteiger partial charge in [0.1, 0.15) is 0 Å². The van der Waals surface area contributed by atoms with E-state index in [9.17, 15) is 4.79 Å². The first-order chi connectivity index (χ1) is 14.6. The molecule has 1 saturated heterocycles. The lowest BCUT2D eigenvalue weighted by Crippen LogP contribution is -2.40. The first-order valence-electron chi connectivity index (χ1n) is 10.6. The maximum absolute atomic E-state index is 13.4. The number of benzene rings is 2. The van der Waals surface area contributed by atoms with Crippen LogP contribution in [0.3, 0.4) is 0 Å². The van der Waals surface area contributed by atoms with Gasteiger partial charge in [-0.2, -0.15) is 5.10 Å². The van der Waals surface area contributed by atoms with Gasteiger partial charge in [0.05, 0.1) is 23.2 Å². The highest BCUT2D eigenvalue weighted by molar-refractivity contribution is 6.30. The van der Waals surface area contributed by atoms with Crippen LogP contribution < -0.4 is 10.9 Å². The Morgan fingerprint density at radius 1 is 1.20 bits per heavy atom. The van der Waals surface area contributed by atoms with Crippen molar-refractivity contribution >= 4 is 22.4 Å². The van der Waals surface area contributed by atoms with E-state index < -0.39 is 0 Å². The van der Waals surface area contributed by atoms with E-state index in [1.165, 1.54) is 0 Å². The van der Waals surface area contributed by atoms with Crippen molar-refractivity contribution in [1.29, 1.82) is 0 Å². The number of methoxy groups -OCH3 is 1. The average molecular weight is 426 g/mol. The molecule has 6 heteroatoms. The molecule has 2 heterocycles. The lowest BCUT2D eigenvalue weighted by molar-refractivity contribution is 0.0770. The molecule has 4 rings (SSSR count). The third-order valence-corrected chi connectivity index (χ3v) is 6.37. The molecule has 1 aliphatic heterocycles. The Kier molecular flexibility index (Phi) is 6.52. The first-order valence-corrected chi connectivity index (χ1v) is 11.0. The van der Waals surface area contributed by atoms with Crippen molar-refractivity contribution in [2.24, 2.45) is 0 Å². The molecule has 5 nitrogen and oxygen atoms in total. The first kappa shape index (κ1) is 21.0. The van der Waals surface area contributed by atoms with Crippen LogP contribution in [-0.4, -0.2) is 35.6 Å². The second-order valence-corrected chi connectivity index (χ2v) is 8.51. The monoisotopic (exact) mass is 425 g/mol. The summed E-state index contributed by atoms with van der Waals surface area (Å²) in [6.45, 7) is 3.00. The Morgan fingerprint density at radius 2 is 1.93 bits per heavy atom. The number of aromatic nitrogens is 2. The number of halogens is 1. The molecular weight excluding hydrogens is 398 g/mol. The Balaban J connectivity index is 1.77. The molecule has 3 aromatic rings. The number of hydrogen-bond donors (Lipinski definition) is 1. The summed E-state index contributed by atoms with van der Waals surface area (Å²) in [5.74, 6) is 0. The molecule has 0 radical (unpaired) electrons. The summed E-state index contributed by atoms with van der Waals surface area (Å²) < 4.78 is 7.29. The van der Waals surface area contributed by atoms with E-state index in [-0.39, 0.29) is 23.7 Å². The van der Waals surface area contributed by atoms with Crippen molar-refractivity contribution < 1.29 is 4.74 Å². The molecule has 1 N–H and O–H groups in total. The van der Waals surface area contributed by atoms with Crippen molar-refractivity contribution in [3.8, 4) is 0 Å². The zero-order valence-electron chi connectivity index (χ0n) is 17.5. The molecule has 0 bridgehead atoms. The van der Waals surface area contributed by atoms with E-state index in [0.29, 0.717) is 11.4 Å². The Morgan fingerprint density at radius 3 is 2.67 bits per heavy atom. The molecule has 0 spiro atoms. The topological polar surface area (TPSA) is 56.2 Å². The molecule has 1 aliphatic rings. The lowest BCUT2D eigenvalue weighted by atomic mass is 10.0. The van der Waals surface area contributed by atoms with Gasteiger partial charge in [-0.15, -0.1) is 0 Å². The van der Waals surface area contributed by atoms with Crippen molar-refractivity contribution in [3.05, 3.63) is 75.2 Å². The number of nitrogens with one attached hydrogen (secondary N) is 1. The lowest BCUT2D eigenvalue weighted by Gasteiger charge is -2.26. The second-order valence-electron chi connectivity index (χ2n) is 8.08. The van der Waals surface area contributed by atoms with Crippen LogP contribution in [0.5, 0.6) is 0 Å². The highest BCUT2D eigenvalue weighted by Gasteiger charge is 2.27. The van der Waals surface area contributed by atoms with Gasteiger partial charge in [-0.05, 0) is 56.5 Å². The molecule has 158 valence electrons. The molecule has 0 amide bonds. The molecule has 30 heavy (non-hydrogen) atoms. The fourth-order valence-electron chi connectivity index (χ4n) is 4.31. The summed E-state index contributed by atoms with van der Waals surface area (Å²) in [7, 11) is 1.73. The minimum absolute atomic E-state index is 0.0128. The quantitative estimate of drug-likeness (QED) is 0.659. The zero-order chi connectivity index (χ0) is 21.1. The number of nitrogens with zero attached hydrogens (tertiary/aromatic N) is 2. The van der Waals surface area contributed by atoms with Gasteiger partial charge in [0.25, 0.3) is 5.56 Å². The predicted octanol–water partition coefficient (Wildman–Crippen LogP) is 4.36. The minimum atomic E-state index is -0.0128. The van der Waals surface area contributed by atoms with Crippen LogP contribution in [0.25, 0.3) is 10.8 Å². The van der Waals surface area contributed by atoms with Crippen LogP contribution in [0, 0.1) is 0 Å². The van der Waals surface area contributed by atoms with Crippen LogP contribution in [0.1, 0.15) is 43.5 Å². The summed E-state index contributed by atoms with van der Waals surface area (Å²) >= 11 is 6.05. The van der Waals surface area contributed by atoms with E-state index in [1.54, 1.807) is 11.8 Å². The SMILES string of the molecule is COC(C)C1CC(n2nc(Cc3ccc(Cl)cc3)c3ccccc3c2=O)CCCN1. The van der Waals surface area contributed by atoms with Gasteiger partial charge in [-0.1, -0.05) is 41.9 Å². The fourth-order valence-corrected chi connectivity index (χ4v) is 4.44. The highest BCUT2D eigenvalue weighted by Crippen LogP contribution is 2.25. The fraction of sp³-hybridized carbons (Fsp3) is 0.417. The van der Waals surface area contributed by atoms with Gasteiger partial charge >= 0.3 is 0 Å². The number of hydrogen-bond acceptors (Lipinski definition) is 4. The maximum atomic E-state index is 13.4. The van der Waals surface area contributed by atoms with Crippen LogP contribution in [0.4, 0.5) is 0 Å². The zero-order valence-corrected chi connectivity index (χ0v) is 18.2. The molecule has 1 fully saturated rings. The molecule has 3 atom stereocenters. The summed E-state index contributed by atoms with van der Waals surface area (Å²) in [5, 5.41) is 10.8. The van der Waals surface area contributed by atoms with Gasteiger partial charge in [0.2, 0.25) is 0 Å². The van der Waals surface area contributed by atoms with Crippen LogP contribution in [0.15, 0.2) is 53.3 Å². The third kappa shape index (κ3) is 4.43. The smallest absolute Gasteiger partial charge is 0.274 e. The van der Waals surface area contributed by atoms with Gasteiger partial charge in [-0.3, -0.25) is 4.79 Å². The Labute approximate surface area is 182 Å².